The van der Waals surface area contributed by atoms with Gasteiger partial charge in [0.05, 0.1) is 66.9 Å². The third-order valence-corrected chi connectivity index (χ3v) is 22.4. The van der Waals surface area contributed by atoms with Crippen LogP contribution in [0.2, 0.25) is 0 Å². The number of benzene rings is 16. The molecular formula is C104H66N8. The van der Waals surface area contributed by atoms with Crippen LogP contribution in [0, 0.1) is 0 Å². The van der Waals surface area contributed by atoms with E-state index in [1.165, 1.54) is 65.3 Å². The van der Waals surface area contributed by atoms with Crippen molar-refractivity contribution in [3.05, 3.63) is 400 Å². The molecule has 0 aliphatic heterocycles. The molecule has 22 aromatic rings. The van der Waals surface area contributed by atoms with Crippen molar-refractivity contribution < 1.29 is 0 Å². The average Bonchev–Trinajstić information content (AvgIpc) is 1.53. The summed E-state index contributed by atoms with van der Waals surface area (Å²) in [6, 6.07) is 144. The van der Waals surface area contributed by atoms with Gasteiger partial charge in [-0.05, 0) is 185 Å². The Kier molecular flexibility index (Phi) is 15.1. The van der Waals surface area contributed by atoms with E-state index in [0.717, 1.165) is 134 Å². The minimum absolute atomic E-state index is 0.652. The predicted octanol–water partition coefficient (Wildman–Crippen LogP) is 26.7. The van der Waals surface area contributed by atoms with Gasteiger partial charge in [-0.15, -0.1) is 0 Å². The van der Waals surface area contributed by atoms with Gasteiger partial charge in [-0.25, -0.2) is 19.9 Å². The molecular weight excluding hydrogens is 1360 g/mol. The third-order valence-electron chi connectivity index (χ3n) is 22.4. The van der Waals surface area contributed by atoms with E-state index in [1.807, 2.05) is 12.1 Å². The van der Waals surface area contributed by atoms with Crippen molar-refractivity contribution in [2.75, 3.05) is 0 Å². The Morgan fingerprint density at radius 2 is 0.473 bits per heavy atom. The van der Waals surface area contributed by atoms with Crippen LogP contribution in [0.3, 0.4) is 0 Å². The number of rotatable bonds is 13. The number of hydrogen-bond acceptors (Lipinski definition) is 4. The van der Waals surface area contributed by atoms with Crippen LogP contribution in [0.1, 0.15) is 0 Å². The summed E-state index contributed by atoms with van der Waals surface area (Å²) >= 11 is 0. The Labute approximate surface area is 645 Å². The SMILES string of the molecule is c1ccc(-c2cc(-c3ccccc3)nc(-c3ccc(-n4c5ccccc5c5cc(-c6ccc7c8ccccc8n(-c8cccc(-c9cccc(-c%10cc(-c%11ccccc%11)nc(-c%11ccc(-n%12c%13ccccc%13c%13c(-c%14ccc%15c(c%14)c%14ccccc%14n%15-c%14ccccc%14)cccc%13%12)cc%11)n%10)c9)c8)c7c6)ccc54)cc3)n2)cc1. The Balaban J connectivity index is 0.588. The smallest absolute Gasteiger partial charge is 0.160 e. The zero-order valence-corrected chi connectivity index (χ0v) is 60.7. The predicted molar refractivity (Wildman–Crippen MR) is 464 cm³/mol. The molecule has 0 aliphatic rings. The third kappa shape index (κ3) is 10.8. The van der Waals surface area contributed by atoms with Gasteiger partial charge in [0, 0.05) is 99.2 Å². The normalized spacial score (nSPS) is 11.8. The molecule has 0 aliphatic carbocycles. The first kappa shape index (κ1) is 64.1. The van der Waals surface area contributed by atoms with Gasteiger partial charge in [0.25, 0.3) is 0 Å². The molecule has 8 nitrogen and oxygen atoms in total. The number of para-hydroxylation sites is 5. The molecule has 6 heterocycles. The summed E-state index contributed by atoms with van der Waals surface area (Å²) in [7, 11) is 0. The van der Waals surface area contributed by atoms with Crippen molar-refractivity contribution in [2.45, 2.75) is 0 Å². The standard InChI is InChI=1S/C104H66N8/c1-5-24-67(25-6-1)90-65-91(68-26-7-2-8-27-68)106-103(105-90)70-46-53-79(54-47-70)110-96-43-19-14-37-84(96)88-62-74(51-58-98(88)110)75-50-57-86-83-36-13-17-41-94(83)112(101(86)64-75)81-35-22-31-73(61-81)72-30-21-32-77(60-72)93-66-92(69-28-9-3-10-29-69)107-104(108-93)71-48-55-80(56-49-71)111-97-44-20-16-39-87(97)102-82(40-23-45-100(102)111)76-52-59-99-89(63-76)85-38-15-18-42-95(85)109(99)78-33-11-4-12-34-78/h1-66H. The van der Waals surface area contributed by atoms with Gasteiger partial charge in [0.15, 0.2) is 11.6 Å². The van der Waals surface area contributed by atoms with Crippen LogP contribution in [0.4, 0.5) is 0 Å². The van der Waals surface area contributed by atoms with Gasteiger partial charge in [-0.1, -0.05) is 249 Å². The fraction of sp³-hybridized carbons (Fsp3) is 0. The van der Waals surface area contributed by atoms with Crippen molar-refractivity contribution in [1.29, 1.82) is 0 Å². The first-order chi connectivity index (χ1) is 55.5. The first-order valence-corrected chi connectivity index (χ1v) is 38.1. The van der Waals surface area contributed by atoms with Crippen LogP contribution >= 0.6 is 0 Å². The van der Waals surface area contributed by atoms with Gasteiger partial charge in [0.2, 0.25) is 0 Å². The van der Waals surface area contributed by atoms with Gasteiger partial charge >= 0.3 is 0 Å². The van der Waals surface area contributed by atoms with E-state index in [2.05, 4.69) is 407 Å². The summed E-state index contributed by atoms with van der Waals surface area (Å²) in [5, 5.41) is 9.65. The van der Waals surface area contributed by atoms with Gasteiger partial charge in [-0.3, -0.25) is 0 Å². The second-order valence-corrected chi connectivity index (χ2v) is 28.9. The van der Waals surface area contributed by atoms with E-state index in [-0.39, 0.29) is 0 Å². The minimum Gasteiger partial charge on any atom is -0.309 e. The molecule has 0 unspecified atom stereocenters. The van der Waals surface area contributed by atoms with Crippen LogP contribution in [-0.2, 0) is 0 Å². The lowest BCUT2D eigenvalue weighted by Gasteiger charge is -2.13. The zero-order chi connectivity index (χ0) is 73.7. The van der Waals surface area contributed by atoms with Crippen molar-refractivity contribution in [3.63, 3.8) is 0 Å². The maximum Gasteiger partial charge on any atom is 0.160 e. The van der Waals surface area contributed by atoms with E-state index in [9.17, 15) is 0 Å². The molecule has 0 atom stereocenters. The molecule has 522 valence electrons. The summed E-state index contributed by atoms with van der Waals surface area (Å²) in [6.45, 7) is 0. The lowest BCUT2D eigenvalue weighted by atomic mass is 9.98. The molecule has 0 spiro atoms. The molecule has 16 aromatic carbocycles. The monoisotopic (exact) mass is 1430 g/mol. The second-order valence-electron chi connectivity index (χ2n) is 28.9. The topological polar surface area (TPSA) is 71.3 Å². The maximum atomic E-state index is 5.44. The fourth-order valence-corrected chi connectivity index (χ4v) is 17.2. The molecule has 0 radical (unpaired) electrons. The Bertz CT molecular complexity index is 7400. The van der Waals surface area contributed by atoms with Crippen molar-refractivity contribution >= 4 is 87.2 Å². The van der Waals surface area contributed by atoms with Gasteiger partial charge in [-0.2, -0.15) is 0 Å². The van der Waals surface area contributed by atoms with Crippen LogP contribution in [0.5, 0.6) is 0 Å². The van der Waals surface area contributed by atoms with Crippen LogP contribution in [-0.4, -0.2) is 38.2 Å². The Hall–Kier alpha value is -15.1. The number of nitrogens with zero attached hydrogens (tertiary/aromatic N) is 8. The van der Waals surface area contributed by atoms with E-state index in [0.29, 0.717) is 11.6 Å². The number of fused-ring (bicyclic) bond motifs is 12. The Morgan fingerprint density at radius 3 is 1.02 bits per heavy atom. The van der Waals surface area contributed by atoms with E-state index in [4.69, 9.17) is 19.9 Å². The second kappa shape index (κ2) is 26.4. The molecule has 0 fully saturated rings. The minimum atomic E-state index is 0.652. The van der Waals surface area contributed by atoms with Crippen molar-refractivity contribution in [2.24, 2.45) is 0 Å². The lowest BCUT2D eigenvalue weighted by Crippen LogP contribution is -1.97. The maximum absolute atomic E-state index is 5.44. The summed E-state index contributed by atoms with van der Waals surface area (Å²) in [5.74, 6) is 1.33. The molecule has 8 heteroatoms. The van der Waals surface area contributed by atoms with E-state index in [1.54, 1.807) is 0 Å². The molecule has 112 heavy (non-hydrogen) atoms. The zero-order valence-electron chi connectivity index (χ0n) is 60.7. The molecule has 0 saturated carbocycles. The summed E-state index contributed by atoms with van der Waals surface area (Å²) in [4.78, 5) is 21.1. The highest BCUT2D eigenvalue weighted by molar-refractivity contribution is 6.18. The van der Waals surface area contributed by atoms with E-state index >= 15 is 0 Å². The average molecular weight is 1430 g/mol. The fourth-order valence-electron chi connectivity index (χ4n) is 17.2. The largest absolute Gasteiger partial charge is 0.309 e. The summed E-state index contributed by atoms with van der Waals surface area (Å²) < 4.78 is 9.59. The molecule has 6 aromatic heterocycles. The molecule has 0 saturated heterocycles. The molecule has 0 amide bonds. The number of hydrogen-bond donors (Lipinski definition) is 0. The van der Waals surface area contributed by atoms with Crippen molar-refractivity contribution in [1.82, 2.24) is 38.2 Å². The molecule has 22 rings (SSSR count). The molecule has 0 N–H and O–H groups in total. The first-order valence-electron chi connectivity index (χ1n) is 38.1. The Morgan fingerprint density at radius 1 is 0.152 bits per heavy atom. The highest BCUT2D eigenvalue weighted by atomic mass is 15.0. The summed E-state index contributed by atoms with van der Waals surface area (Å²) in [6.07, 6.45) is 0. The number of aromatic nitrogens is 8. The van der Waals surface area contributed by atoms with Gasteiger partial charge < -0.3 is 18.3 Å². The highest BCUT2D eigenvalue weighted by Gasteiger charge is 2.23. The van der Waals surface area contributed by atoms with Crippen LogP contribution < -0.4 is 0 Å². The summed E-state index contributed by atoms with van der Waals surface area (Å²) in [5.41, 5.74) is 29.8. The quantitative estimate of drug-likeness (QED) is 0.115. The van der Waals surface area contributed by atoms with Crippen LogP contribution in [0.25, 0.3) is 211 Å². The lowest BCUT2D eigenvalue weighted by molar-refractivity contribution is 1.16. The highest BCUT2D eigenvalue weighted by Crippen LogP contribution is 2.44. The van der Waals surface area contributed by atoms with E-state index < -0.39 is 0 Å². The van der Waals surface area contributed by atoms with Gasteiger partial charge in [0.1, 0.15) is 0 Å². The van der Waals surface area contributed by atoms with Crippen molar-refractivity contribution in [3.8, 4) is 124 Å². The molecule has 0 bridgehead atoms. The van der Waals surface area contributed by atoms with Crippen LogP contribution in [0.15, 0.2) is 400 Å².